The van der Waals surface area contributed by atoms with E-state index < -0.39 is 30.4 Å². The number of rotatable bonds is 5. The maximum Gasteiger partial charge on any atom is 0.338 e. The van der Waals surface area contributed by atoms with Gasteiger partial charge in [-0.1, -0.05) is 0 Å². The fourth-order valence-electron chi connectivity index (χ4n) is 1.60. The molecule has 15 heavy (non-hydrogen) atoms. The average molecular weight is 220 g/mol. The van der Waals surface area contributed by atoms with Crippen molar-refractivity contribution in [2.75, 3.05) is 27.9 Å². The van der Waals surface area contributed by atoms with Gasteiger partial charge in [-0.3, -0.25) is 0 Å². The normalized spacial score (nSPS) is 32.8. The van der Waals surface area contributed by atoms with E-state index in [1.54, 1.807) is 0 Å². The average Bonchev–Trinajstić information content (AvgIpc) is 2.51. The van der Waals surface area contributed by atoms with Crippen LogP contribution in [0.4, 0.5) is 0 Å². The molecular formula is C9H16O6. The zero-order chi connectivity index (χ0) is 11.4. The van der Waals surface area contributed by atoms with E-state index in [9.17, 15) is 9.90 Å². The van der Waals surface area contributed by atoms with E-state index in [1.165, 1.54) is 21.3 Å². The van der Waals surface area contributed by atoms with Gasteiger partial charge >= 0.3 is 5.97 Å². The highest BCUT2D eigenvalue weighted by molar-refractivity contribution is 5.77. The van der Waals surface area contributed by atoms with Gasteiger partial charge in [0.15, 0.2) is 12.2 Å². The zero-order valence-electron chi connectivity index (χ0n) is 9.00. The lowest BCUT2D eigenvalue weighted by Gasteiger charge is -2.24. The molecule has 0 amide bonds. The molecule has 0 unspecified atom stereocenters. The summed E-state index contributed by atoms with van der Waals surface area (Å²) in [6.45, 7) is 0.265. The van der Waals surface area contributed by atoms with Crippen molar-refractivity contribution in [2.24, 2.45) is 0 Å². The Bertz CT molecular complexity index is 219. The molecule has 0 bridgehead atoms. The molecule has 1 saturated heterocycles. The SMILES string of the molecule is COC[C@@H](OC)[C@@H]1OC(=O)[C@H](O)[C@H]1OC. The standard InChI is InChI=1S/C9H16O6/c1-12-4-5(13-2)7-8(14-3)6(10)9(11)15-7/h5-8,10H,4H2,1-3H3/t5-,6-,7+,8-/m1/s1. The Balaban J connectivity index is 2.70. The van der Waals surface area contributed by atoms with E-state index in [1.807, 2.05) is 0 Å². The van der Waals surface area contributed by atoms with Crippen molar-refractivity contribution in [1.82, 2.24) is 0 Å². The van der Waals surface area contributed by atoms with Crippen LogP contribution in [0, 0.1) is 0 Å². The van der Waals surface area contributed by atoms with Crippen LogP contribution < -0.4 is 0 Å². The Hall–Kier alpha value is -0.690. The van der Waals surface area contributed by atoms with Crippen LogP contribution in [0.2, 0.25) is 0 Å². The van der Waals surface area contributed by atoms with Crippen LogP contribution in [-0.2, 0) is 23.7 Å². The molecule has 0 aromatic carbocycles. The number of aliphatic hydroxyl groups excluding tert-OH is 1. The lowest BCUT2D eigenvalue weighted by molar-refractivity contribution is -0.153. The maximum atomic E-state index is 11.1. The first-order chi connectivity index (χ1) is 7.15. The predicted molar refractivity (Wildman–Crippen MR) is 49.4 cm³/mol. The first-order valence-electron chi connectivity index (χ1n) is 4.58. The number of carbonyl (C=O) groups excluding carboxylic acids is 1. The molecule has 4 atom stereocenters. The van der Waals surface area contributed by atoms with Crippen molar-refractivity contribution in [1.29, 1.82) is 0 Å². The lowest BCUT2D eigenvalue weighted by Crippen LogP contribution is -2.43. The minimum absolute atomic E-state index is 0.265. The second kappa shape index (κ2) is 5.41. The Kier molecular flexibility index (Phi) is 4.46. The first kappa shape index (κ1) is 12.4. The number of esters is 1. The number of carbonyl (C=O) groups is 1. The van der Waals surface area contributed by atoms with E-state index >= 15 is 0 Å². The fraction of sp³-hybridized carbons (Fsp3) is 0.889. The summed E-state index contributed by atoms with van der Waals surface area (Å²) < 4.78 is 20.0. The van der Waals surface area contributed by atoms with Gasteiger partial charge in [0.05, 0.1) is 6.61 Å². The van der Waals surface area contributed by atoms with E-state index in [0.29, 0.717) is 0 Å². The van der Waals surface area contributed by atoms with Crippen molar-refractivity contribution < 1.29 is 28.8 Å². The van der Waals surface area contributed by atoms with Crippen LogP contribution in [-0.4, -0.2) is 63.4 Å². The first-order valence-corrected chi connectivity index (χ1v) is 4.58. The summed E-state index contributed by atoms with van der Waals surface area (Å²) in [5.41, 5.74) is 0. The summed E-state index contributed by atoms with van der Waals surface area (Å²) in [4.78, 5) is 11.1. The number of cyclic esters (lactones) is 1. The molecule has 6 heteroatoms. The van der Waals surface area contributed by atoms with Crippen LogP contribution in [0.25, 0.3) is 0 Å². The summed E-state index contributed by atoms with van der Waals surface area (Å²) in [6, 6.07) is 0. The van der Waals surface area contributed by atoms with Gasteiger partial charge in [0.25, 0.3) is 0 Å². The van der Waals surface area contributed by atoms with E-state index in [-0.39, 0.29) is 6.61 Å². The Morgan fingerprint density at radius 3 is 2.60 bits per heavy atom. The van der Waals surface area contributed by atoms with Crippen LogP contribution in [0.1, 0.15) is 0 Å². The molecule has 1 N–H and O–H groups in total. The van der Waals surface area contributed by atoms with E-state index in [2.05, 4.69) is 0 Å². The van der Waals surface area contributed by atoms with Gasteiger partial charge in [-0.25, -0.2) is 4.79 Å². The minimum Gasteiger partial charge on any atom is -0.455 e. The molecule has 0 aromatic rings. The molecule has 1 aliphatic heterocycles. The highest BCUT2D eigenvalue weighted by Crippen LogP contribution is 2.23. The van der Waals surface area contributed by atoms with Gasteiger partial charge in [-0.05, 0) is 0 Å². The number of hydrogen-bond donors (Lipinski definition) is 1. The lowest BCUT2D eigenvalue weighted by atomic mass is 10.1. The van der Waals surface area contributed by atoms with Gasteiger partial charge in [0.2, 0.25) is 0 Å². The molecule has 1 fully saturated rings. The van der Waals surface area contributed by atoms with Crippen molar-refractivity contribution in [3.05, 3.63) is 0 Å². The largest absolute Gasteiger partial charge is 0.455 e. The number of aliphatic hydroxyl groups is 1. The van der Waals surface area contributed by atoms with Crippen LogP contribution in [0.5, 0.6) is 0 Å². The maximum absolute atomic E-state index is 11.1. The van der Waals surface area contributed by atoms with Crippen molar-refractivity contribution >= 4 is 5.97 Å². The molecule has 1 aliphatic rings. The molecule has 0 saturated carbocycles. The molecular weight excluding hydrogens is 204 g/mol. The highest BCUT2D eigenvalue weighted by Gasteiger charge is 2.48. The molecule has 6 nitrogen and oxygen atoms in total. The number of hydrogen-bond acceptors (Lipinski definition) is 6. The summed E-state index contributed by atoms with van der Waals surface area (Å²) in [6.07, 6.45) is -3.05. The van der Waals surface area contributed by atoms with Gasteiger partial charge < -0.3 is 24.1 Å². The van der Waals surface area contributed by atoms with Gasteiger partial charge in [-0.15, -0.1) is 0 Å². The molecule has 88 valence electrons. The minimum atomic E-state index is -1.26. The van der Waals surface area contributed by atoms with Crippen LogP contribution in [0.15, 0.2) is 0 Å². The second-order valence-corrected chi connectivity index (χ2v) is 3.28. The molecule has 1 rings (SSSR count). The van der Waals surface area contributed by atoms with Crippen molar-refractivity contribution in [3.8, 4) is 0 Å². The smallest absolute Gasteiger partial charge is 0.338 e. The van der Waals surface area contributed by atoms with Gasteiger partial charge in [0.1, 0.15) is 12.2 Å². The van der Waals surface area contributed by atoms with Crippen LogP contribution >= 0.6 is 0 Å². The van der Waals surface area contributed by atoms with E-state index in [0.717, 1.165) is 0 Å². The molecule has 1 heterocycles. The van der Waals surface area contributed by atoms with Gasteiger partial charge in [-0.2, -0.15) is 0 Å². The van der Waals surface area contributed by atoms with Crippen molar-refractivity contribution in [2.45, 2.75) is 24.4 Å². The Morgan fingerprint density at radius 1 is 1.47 bits per heavy atom. The topological polar surface area (TPSA) is 74.2 Å². The molecule has 0 aliphatic carbocycles. The third-order valence-electron chi connectivity index (χ3n) is 2.40. The fourth-order valence-corrected chi connectivity index (χ4v) is 1.60. The monoisotopic (exact) mass is 220 g/mol. The highest BCUT2D eigenvalue weighted by atomic mass is 16.6. The molecule has 0 radical (unpaired) electrons. The summed E-state index contributed by atoms with van der Waals surface area (Å²) in [5.74, 6) is -0.690. The quantitative estimate of drug-likeness (QED) is 0.596. The van der Waals surface area contributed by atoms with E-state index in [4.69, 9.17) is 18.9 Å². The predicted octanol–water partition coefficient (Wildman–Crippen LogP) is -1.05. The summed E-state index contributed by atoms with van der Waals surface area (Å²) >= 11 is 0. The zero-order valence-corrected chi connectivity index (χ0v) is 9.00. The molecule has 0 spiro atoms. The van der Waals surface area contributed by atoms with Crippen molar-refractivity contribution in [3.63, 3.8) is 0 Å². The third-order valence-corrected chi connectivity index (χ3v) is 2.40. The van der Waals surface area contributed by atoms with Crippen LogP contribution in [0.3, 0.4) is 0 Å². The van der Waals surface area contributed by atoms with Gasteiger partial charge in [0, 0.05) is 21.3 Å². The summed E-state index contributed by atoms with van der Waals surface area (Å²) in [7, 11) is 4.40. The summed E-state index contributed by atoms with van der Waals surface area (Å²) in [5, 5.41) is 9.44. The number of methoxy groups -OCH3 is 3. The Morgan fingerprint density at radius 2 is 2.13 bits per heavy atom. The Labute approximate surface area is 88.1 Å². The molecule has 0 aromatic heterocycles. The third kappa shape index (κ3) is 2.46. The second-order valence-electron chi connectivity index (χ2n) is 3.28. The number of ether oxygens (including phenoxy) is 4.